The van der Waals surface area contributed by atoms with Crippen molar-refractivity contribution in [2.24, 2.45) is 0 Å². The second-order valence-electron chi connectivity index (χ2n) is 6.49. The number of furan rings is 1. The summed E-state index contributed by atoms with van der Waals surface area (Å²) < 4.78 is 10.8. The van der Waals surface area contributed by atoms with E-state index in [4.69, 9.17) is 9.15 Å². The summed E-state index contributed by atoms with van der Waals surface area (Å²) in [6.45, 7) is 0. The molecule has 0 aliphatic rings. The van der Waals surface area contributed by atoms with E-state index in [1.807, 2.05) is 60.7 Å². The summed E-state index contributed by atoms with van der Waals surface area (Å²) in [7, 11) is 1.61. The number of rotatable bonds is 6. The van der Waals surface area contributed by atoms with Crippen molar-refractivity contribution < 1.29 is 13.9 Å². The third kappa shape index (κ3) is 3.74. The maximum absolute atomic E-state index is 12.8. The Hall–Kier alpha value is -3.60. The monoisotopic (exact) mass is 372 g/mol. The number of amides is 1. The van der Waals surface area contributed by atoms with E-state index in [2.05, 4.69) is 10.3 Å². The second kappa shape index (κ2) is 7.96. The van der Waals surface area contributed by atoms with Crippen molar-refractivity contribution in [2.75, 3.05) is 7.11 Å². The summed E-state index contributed by atoms with van der Waals surface area (Å²) in [4.78, 5) is 16.9. The molecule has 5 nitrogen and oxygen atoms in total. The van der Waals surface area contributed by atoms with Crippen LogP contribution >= 0.6 is 0 Å². The molecule has 0 aliphatic carbocycles. The summed E-state index contributed by atoms with van der Waals surface area (Å²) in [6, 6.07) is 19.1. The normalized spacial score (nSPS) is 11.9. The summed E-state index contributed by atoms with van der Waals surface area (Å²) in [5, 5.41) is 4.06. The Labute approximate surface area is 163 Å². The first kappa shape index (κ1) is 17.8. The first-order valence-corrected chi connectivity index (χ1v) is 9.03. The largest absolute Gasteiger partial charge is 0.497 e. The van der Waals surface area contributed by atoms with E-state index < -0.39 is 0 Å². The van der Waals surface area contributed by atoms with Crippen molar-refractivity contribution in [1.82, 2.24) is 10.3 Å². The molecule has 0 unspecified atom stereocenters. The van der Waals surface area contributed by atoms with Gasteiger partial charge in [-0.25, -0.2) is 0 Å². The highest BCUT2D eigenvalue weighted by Crippen LogP contribution is 2.26. The maximum Gasteiger partial charge on any atom is 0.225 e. The van der Waals surface area contributed by atoms with E-state index in [0.29, 0.717) is 5.58 Å². The molecule has 0 spiro atoms. The number of nitrogens with one attached hydrogen (secondary N) is 1. The minimum Gasteiger partial charge on any atom is -0.497 e. The first-order valence-electron chi connectivity index (χ1n) is 9.03. The van der Waals surface area contributed by atoms with E-state index >= 15 is 0 Å². The zero-order valence-electron chi connectivity index (χ0n) is 15.5. The number of pyridine rings is 1. The Morgan fingerprint density at radius 2 is 1.82 bits per heavy atom. The number of carbonyl (C=O) groups excluding carboxylic acids is 1. The van der Waals surface area contributed by atoms with Crippen LogP contribution in [-0.2, 0) is 11.2 Å². The van der Waals surface area contributed by atoms with Gasteiger partial charge in [-0.3, -0.25) is 9.78 Å². The molecule has 0 fully saturated rings. The van der Waals surface area contributed by atoms with Crippen molar-refractivity contribution in [1.29, 1.82) is 0 Å². The third-order valence-electron chi connectivity index (χ3n) is 4.69. The van der Waals surface area contributed by atoms with Gasteiger partial charge in [-0.1, -0.05) is 30.3 Å². The van der Waals surface area contributed by atoms with E-state index in [1.165, 1.54) is 0 Å². The van der Waals surface area contributed by atoms with Crippen LogP contribution in [0.25, 0.3) is 11.0 Å². The molecule has 1 amide bonds. The van der Waals surface area contributed by atoms with Crippen LogP contribution in [-0.4, -0.2) is 18.0 Å². The fourth-order valence-electron chi connectivity index (χ4n) is 3.27. The van der Waals surface area contributed by atoms with Gasteiger partial charge in [0.2, 0.25) is 5.91 Å². The molecular weight excluding hydrogens is 352 g/mol. The van der Waals surface area contributed by atoms with E-state index in [-0.39, 0.29) is 18.4 Å². The van der Waals surface area contributed by atoms with Crippen LogP contribution in [0.1, 0.15) is 22.7 Å². The Morgan fingerprint density at radius 1 is 1.07 bits per heavy atom. The summed E-state index contributed by atoms with van der Waals surface area (Å²) in [6.07, 6.45) is 5.32. The topological polar surface area (TPSA) is 64.4 Å². The molecule has 28 heavy (non-hydrogen) atoms. The van der Waals surface area contributed by atoms with Crippen molar-refractivity contribution in [2.45, 2.75) is 12.5 Å². The molecule has 2 aromatic carbocycles. The molecule has 1 atom stereocenters. The van der Waals surface area contributed by atoms with Gasteiger partial charge in [0.1, 0.15) is 11.3 Å². The van der Waals surface area contributed by atoms with E-state index in [0.717, 1.165) is 27.8 Å². The number of benzene rings is 2. The first-order chi connectivity index (χ1) is 13.7. The van der Waals surface area contributed by atoms with E-state index in [1.54, 1.807) is 25.8 Å². The standard InChI is InChI=1S/C23H20N2O3/c1-27-19-7-8-20-18(15-28-21(20)14-19)13-22(26)25-23(16-5-3-2-4-6-16)17-9-11-24-12-10-17/h2-12,14-15,23H,13H2,1H3,(H,25,26)/t23-/m0/s1. The molecule has 0 aliphatic heterocycles. The number of ether oxygens (including phenoxy) is 1. The van der Waals surface area contributed by atoms with Crippen LogP contribution in [0.15, 0.2) is 83.7 Å². The zero-order valence-corrected chi connectivity index (χ0v) is 15.5. The Bertz CT molecular complexity index is 1040. The predicted octanol–water partition coefficient (Wildman–Crippen LogP) is 4.28. The SMILES string of the molecule is COc1ccc2c(CC(=O)N[C@@H](c3ccccc3)c3ccncc3)coc2c1. The van der Waals surface area contributed by atoms with Gasteiger partial charge >= 0.3 is 0 Å². The quantitative estimate of drug-likeness (QED) is 0.548. The lowest BCUT2D eigenvalue weighted by Crippen LogP contribution is -2.30. The van der Waals surface area contributed by atoms with E-state index in [9.17, 15) is 4.79 Å². The molecule has 140 valence electrons. The highest BCUT2D eigenvalue weighted by atomic mass is 16.5. The molecule has 1 N–H and O–H groups in total. The molecule has 0 saturated carbocycles. The van der Waals surface area contributed by atoms with Gasteiger partial charge in [0.15, 0.2) is 0 Å². The molecular formula is C23H20N2O3. The zero-order chi connectivity index (χ0) is 19.3. The Kier molecular flexibility index (Phi) is 5.06. The van der Waals surface area contributed by atoms with Crippen molar-refractivity contribution in [3.8, 4) is 5.75 Å². The van der Waals surface area contributed by atoms with Gasteiger partial charge in [0.25, 0.3) is 0 Å². The van der Waals surface area contributed by atoms with Crippen LogP contribution in [0.4, 0.5) is 0 Å². The number of methoxy groups -OCH3 is 1. The van der Waals surface area contributed by atoms with Crippen molar-refractivity contribution >= 4 is 16.9 Å². The van der Waals surface area contributed by atoms with Gasteiger partial charge in [0, 0.05) is 29.4 Å². The molecule has 0 saturated heterocycles. The lowest BCUT2D eigenvalue weighted by Gasteiger charge is -2.19. The molecule has 0 radical (unpaired) electrons. The molecule has 2 heterocycles. The van der Waals surface area contributed by atoms with Crippen LogP contribution in [0, 0.1) is 0 Å². The number of aromatic nitrogens is 1. The number of carbonyl (C=O) groups is 1. The lowest BCUT2D eigenvalue weighted by atomic mass is 9.99. The number of hydrogen-bond donors (Lipinski definition) is 1. The van der Waals surface area contributed by atoms with Crippen molar-refractivity contribution in [3.05, 3.63) is 96.0 Å². The fraction of sp³-hybridized carbons (Fsp3) is 0.130. The van der Waals surface area contributed by atoms with Crippen LogP contribution in [0.2, 0.25) is 0 Å². The van der Waals surface area contributed by atoms with Crippen LogP contribution in [0.3, 0.4) is 0 Å². The Balaban J connectivity index is 1.57. The van der Waals surface area contributed by atoms with Gasteiger partial charge < -0.3 is 14.5 Å². The molecule has 4 aromatic rings. The molecule has 4 rings (SSSR count). The molecule has 2 aromatic heterocycles. The van der Waals surface area contributed by atoms with Gasteiger partial charge in [-0.2, -0.15) is 0 Å². The van der Waals surface area contributed by atoms with Gasteiger partial charge in [-0.05, 0) is 35.4 Å². The van der Waals surface area contributed by atoms with Crippen LogP contribution in [0.5, 0.6) is 5.75 Å². The fourth-order valence-corrected chi connectivity index (χ4v) is 3.27. The Morgan fingerprint density at radius 3 is 2.57 bits per heavy atom. The summed E-state index contributed by atoms with van der Waals surface area (Å²) in [5.41, 5.74) is 3.55. The smallest absolute Gasteiger partial charge is 0.225 e. The van der Waals surface area contributed by atoms with Gasteiger partial charge in [0.05, 0.1) is 25.8 Å². The summed E-state index contributed by atoms with van der Waals surface area (Å²) in [5.74, 6) is 0.642. The average molecular weight is 372 g/mol. The summed E-state index contributed by atoms with van der Waals surface area (Å²) >= 11 is 0. The predicted molar refractivity (Wildman–Crippen MR) is 107 cm³/mol. The minimum atomic E-state index is -0.241. The number of nitrogens with zero attached hydrogens (tertiary/aromatic N) is 1. The average Bonchev–Trinajstić information content (AvgIpc) is 3.15. The highest BCUT2D eigenvalue weighted by molar-refractivity contribution is 5.88. The van der Waals surface area contributed by atoms with Gasteiger partial charge in [-0.15, -0.1) is 0 Å². The minimum absolute atomic E-state index is 0.0795. The van der Waals surface area contributed by atoms with Crippen LogP contribution < -0.4 is 10.1 Å². The third-order valence-corrected chi connectivity index (χ3v) is 4.69. The maximum atomic E-state index is 12.8. The molecule has 0 bridgehead atoms. The highest BCUT2D eigenvalue weighted by Gasteiger charge is 2.18. The molecule has 5 heteroatoms. The second-order valence-corrected chi connectivity index (χ2v) is 6.49. The number of hydrogen-bond acceptors (Lipinski definition) is 4. The van der Waals surface area contributed by atoms with Crippen molar-refractivity contribution in [3.63, 3.8) is 0 Å². The lowest BCUT2D eigenvalue weighted by molar-refractivity contribution is -0.120. The number of fused-ring (bicyclic) bond motifs is 1.